The van der Waals surface area contributed by atoms with Crippen LogP contribution in [0.25, 0.3) is 5.57 Å². The Hall–Kier alpha value is -10.1. The Labute approximate surface area is 552 Å². The van der Waals surface area contributed by atoms with E-state index in [2.05, 4.69) is 10.6 Å². The predicted molar refractivity (Wildman–Crippen MR) is 376 cm³/mol. The topological polar surface area (TPSA) is 195 Å². The number of ketones is 1. The van der Waals surface area contributed by atoms with Gasteiger partial charge < -0.3 is 40.3 Å². The Balaban J connectivity index is 1.10. The van der Waals surface area contributed by atoms with Crippen LogP contribution in [0.1, 0.15) is 159 Å². The van der Waals surface area contributed by atoms with Crippen molar-refractivity contribution in [2.45, 2.75) is 158 Å². The first-order chi connectivity index (χ1) is 44.0. The second-order valence-electron chi connectivity index (χ2n) is 28.7. The van der Waals surface area contributed by atoms with Crippen LogP contribution in [0.5, 0.6) is 23.0 Å². The summed E-state index contributed by atoms with van der Waals surface area (Å²) in [5.41, 5.74) is 9.57. The van der Waals surface area contributed by atoms with Crippen LogP contribution in [-0.2, 0) is 45.6 Å². The number of aromatic hydroxyl groups is 2. The number of hydrogen-bond donors (Lipinski definition) is 5. The molecule has 14 nitrogen and oxygen atoms in total. The van der Waals surface area contributed by atoms with Crippen LogP contribution in [0.15, 0.2) is 180 Å². The van der Waals surface area contributed by atoms with Crippen molar-refractivity contribution < 1.29 is 48.8 Å². The van der Waals surface area contributed by atoms with Crippen LogP contribution in [0.3, 0.4) is 0 Å². The fourth-order valence-electron chi connectivity index (χ4n) is 11.4. The van der Waals surface area contributed by atoms with E-state index in [1.165, 1.54) is 0 Å². The second kappa shape index (κ2) is 26.9. The van der Waals surface area contributed by atoms with Gasteiger partial charge in [-0.25, -0.2) is 0 Å². The third-order valence-electron chi connectivity index (χ3n) is 16.7. The van der Waals surface area contributed by atoms with E-state index in [0.29, 0.717) is 33.7 Å². The van der Waals surface area contributed by atoms with Crippen molar-refractivity contribution in [3.8, 4) is 23.0 Å². The smallest absolute Gasteiger partial charge is 0.311 e. The number of hydrogen-bond acceptors (Lipinski definition) is 11. The van der Waals surface area contributed by atoms with Crippen LogP contribution in [0.2, 0.25) is 0 Å². The fraction of sp³-hybridized carbons (Fsp3) is 0.300. The minimum atomic E-state index is -0.679. The molecule has 7 aromatic rings. The molecule has 0 saturated carbocycles. The van der Waals surface area contributed by atoms with Gasteiger partial charge in [-0.3, -0.25) is 24.0 Å². The lowest BCUT2D eigenvalue weighted by molar-refractivity contribution is -0.136. The number of nitrogens with one attached hydrogen (secondary N) is 2. The maximum atomic E-state index is 15.2. The number of allylic oxidation sites excluding steroid dienone is 5. The van der Waals surface area contributed by atoms with Crippen LogP contribution in [0.4, 0.5) is 34.1 Å². The number of carbonyl (C=O) groups is 5. The van der Waals surface area contributed by atoms with Gasteiger partial charge in [0.1, 0.15) is 28.8 Å². The number of ether oxygens (including phenoxy) is 2. The Kier molecular flexibility index (Phi) is 19.5. The zero-order valence-corrected chi connectivity index (χ0v) is 56.9. The van der Waals surface area contributed by atoms with Gasteiger partial charge in [0.05, 0.1) is 35.4 Å². The number of aryl methyl sites for hydroxylation is 4. The zero-order chi connectivity index (χ0) is 68.5. The molecule has 0 aliphatic heterocycles. The third kappa shape index (κ3) is 15.5. The molecule has 7 aromatic carbocycles. The van der Waals surface area contributed by atoms with Gasteiger partial charge >= 0.3 is 11.9 Å². The van der Waals surface area contributed by atoms with E-state index in [1.54, 1.807) is 60.7 Å². The lowest BCUT2D eigenvalue weighted by Gasteiger charge is -2.29. The molecular formula is C80H87N4O10+. The van der Waals surface area contributed by atoms with Crippen LogP contribution >= 0.6 is 0 Å². The van der Waals surface area contributed by atoms with Crippen molar-refractivity contribution in [2.75, 3.05) is 10.2 Å². The van der Waals surface area contributed by atoms with E-state index >= 15 is 4.79 Å². The molecule has 9 rings (SSSR count). The molecule has 486 valence electrons. The predicted octanol–water partition coefficient (Wildman–Crippen LogP) is 17.4. The summed E-state index contributed by atoms with van der Waals surface area (Å²) in [6, 6.07) is 43.6. The summed E-state index contributed by atoms with van der Waals surface area (Å²) >= 11 is 0. The molecule has 0 bridgehead atoms. The van der Waals surface area contributed by atoms with Crippen molar-refractivity contribution in [1.29, 1.82) is 0 Å². The number of phenols is 2. The van der Waals surface area contributed by atoms with E-state index in [-0.39, 0.29) is 82.3 Å². The van der Waals surface area contributed by atoms with Gasteiger partial charge in [-0.05, 0) is 122 Å². The molecule has 0 spiro atoms. The highest BCUT2D eigenvalue weighted by atomic mass is 16.5. The van der Waals surface area contributed by atoms with Crippen molar-refractivity contribution in [2.24, 2.45) is 0 Å². The van der Waals surface area contributed by atoms with Gasteiger partial charge in [0, 0.05) is 99.7 Å². The van der Waals surface area contributed by atoms with E-state index < -0.39 is 57.0 Å². The number of phenolic OH excluding ortho intramolecular Hbond substituents is 2. The normalized spacial score (nSPS) is 14.3. The minimum absolute atomic E-state index is 0.103. The minimum Gasteiger partial charge on any atom is -0.507 e. The molecule has 94 heavy (non-hydrogen) atoms. The Bertz CT molecular complexity index is 4140. The number of nitrogens with zero attached hydrogens (tertiary/aromatic N) is 2. The fourth-order valence-corrected chi connectivity index (χ4v) is 11.4. The Morgan fingerprint density at radius 2 is 0.830 bits per heavy atom. The molecule has 0 atom stereocenters. The third-order valence-corrected chi connectivity index (χ3v) is 16.7. The average Bonchev–Trinajstić information content (AvgIpc) is 0.733. The van der Waals surface area contributed by atoms with Gasteiger partial charge in [-0.15, -0.1) is 0 Å². The number of carbonyl (C=O) groups excluding carboxylic acids is 5. The summed E-state index contributed by atoms with van der Waals surface area (Å²) in [6.07, 6.45) is 3.89. The first-order valence-electron chi connectivity index (χ1n) is 31.8. The van der Waals surface area contributed by atoms with Crippen molar-refractivity contribution >= 4 is 74.9 Å². The quantitative estimate of drug-likeness (QED) is 0.0267. The number of amides is 2. The van der Waals surface area contributed by atoms with E-state index in [1.807, 2.05) is 217 Å². The molecule has 0 saturated heterocycles. The molecule has 0 aromatic heterocycles. The molecule has 2 aliphatic rings. The molecule has 14 heteroatoms. The van der Waals surface area contributed by atoms with E-state index in [0.717, 1.165) is 45.0 Å². The highest BCUT2D eigenvalue weighted by Crippen LogP contribution is 2.47. The van der Waals surface area contributed by atoms with Crippen molar-refractivity contribution in [3.05, 3.63) is 230 Å². The maximum Gasteiger partial charge on any atom is 0.311 e. The summed E-state index contributed by atoms with van der Waals surface area (Å²) in [7, 11) is 0. The van der Waals surface area contributed by atoms with E-state index in [4.69, 9.17) is 9.47 Å². The molecular weight excluding hydrogens is 1180 g/mol. The van der Waals surface area contributed by atoms with Crippen LogP contribution < -0.4 is 29.6 Å². The van der Waals surface area contributed by atoms with Gasteiger partial charge in [0.25, 0.3) is 0 Å². The Morgan fingerprint density at radius 3 is 1.21 bits per heavy atom. The Morgan fingerprint density at radius 1 is 0.457 bits per heavy atom. The number of anilines is 4. The molecule has 0 heterocycles. The highest BCUT2D eigenvalue weighted by Gasteiger charge is 2.41. The second-order valence-corrected chi connectivity index (χ2v) is 28.7. The lowest BCUT2D eigenvalue weighted by atomic mass is 9.78. The van der Waals surface area contributed by atoms with E-state index in [9.17, 15) is 34.5 Å². The first kappa shape index (κ1) is 68.3. The van der Waals surface area contributed by atoms with Crippen LogP contribution in [-0.4, -0.2) is 50.6 Å². The standard InChI is InChI=1S/C80H86N4O10/c1-47-17-25-51(26-18-47)83(52-27-19-48(2)20-28-52)55-33-35-59(65(41-55)81-67(85)37-39-69(87)93-57-43-61(77(5,6)7)73(89)62(44-57)78(8,9)10)71-75(91)72(76(71)92)60-36-34-56(84(53-29-21-49(3)22-30-53)54-31-23-50(4)24-32-54)42-66(60)82-68(86)38-40-70(88)94-58-45-63(79(11,12)13)74(90)64(46-58)80(14,15)16/h17-36,41-46H,37-40H2,1-16H3,(H4,81,82,85,86,89,90,91,92)/p+1. The number of Topliss-reactive ketones (excluding diaryl/α,β-unsaturated/α-hetero) is 1. The van der Waals surface area contributed by atoms with Gasteiger partial charge in [0.2, 0.25) is 34.7 Å². The molecule has 0 fully saturated rings. The number of aliphatic hydroxyl groups is 1. The van der Waals surface area contributed by atoms with Crippen LogP contribution in [0, 0.1) is 27.7 Å². The molecule has 5 N–H and O–H groups in total. The van der Waals surface area contributed by atoms with Gasteiger partial charge in [0.15, 0.2) is 0 Å². The maximum absolute atomic E-state index is 15.2. The molecule has 2 amide bonds. The number of aliphatic hydroxyl groups excluding tert-OH is 1. The monoisotopic (exact) mass is 1260 g/mol. The largest absolute Gasteiger partial charge is 0.507 e. The highest BCUT2D eigenvalue weighted by molar-refractivity contribution is 6.40. The number of rotatable bonds is 16. The van der Waals surface area contributed by atoms with Gasteiger partial charge in [-0.2, -0.15) is 4.58 Å². The van der Waals surface area contributed by atoms with Crippen molar-refractivity contribution in [3.63, 3.8) is 0 Å². The number of benzene rings is 7. The molecule has 0 unspecified atom stereocenters. The summed E-state index contributed by atoms with van der Waals surface area (Å²) in [5.74, 6) is -2.77. The average molecular weight is 1260 g/mol. The summed E-state index contributed by atoms with van der Waals surface area (Å²) in [4.78, 5) is 73.3. The number of esters is 2. The molecule has 2 aliphatic carbocycles. The summed E-state index contributed by atoms with van der Waals surface area (Å²) < 4.78 is 13.8. The first-order valence-corrected chi connectivity index (χ1v) is 31.8. The SMILES string of the molecule is Cc1ccc(N(c2ccc(C)cc2)c2ccc(C3=C(O)/C(=C4/C=CC(=[N+](c5ccc(C)cc5)c5ccc(C)cc5)C=C4NC(=O)CCC(=O)Oc4cc(C(C)(C)C)c(O)c(C(C)(C)C)c4)C3=O)c(NC(=O)CCC(=O)Oc3cc(C(C)(C)C)c(O)c(C(C)(C)C)c3)c2)cc1. The molecule has 0 radical (unpaired) electrons. The lowest BCUT2D eigenvalue weighted by Crippen LogP contribution is -2.31. The summed E-state index contributed by atoms with van der Waals surface area (Å²) in [5, 5.41) is 41.1. The van der Waals surface area contributed by atoms with Crippen molar-refractivity contribution in [1.82, 2.24) is 9.89 Å². The van der Waals surface area contributed by atoms with Gasteiger partial charge in [-0.1, -0.05) is 154 Å². The summed E-state index contributed by atoms with van der Waals surface area (Å²) in [6.45, 7) is 31.5. The zero-order valence-electron chi connectivity index (χ0n) is 56.9.